The zero-order valence-corrected chi connectivity index (χ0v) is 15.7. The third kappa shape index (κ3) is 3.21. The van der Waals surface area contributed by atoms with Gasteiger partial charge in [-0.3, -0.25) is 10.00 Å². The lowest BCUT2D eigenvalue weighted by Crippen LogP contribution is -2.48. The Hall–Kier alpha value is -2.00. The number of aromatic nitrogens is 4. The molecule has 2 bridgehead atoms. The van der Waals surface area contributed by atoms with E-state index >= 15 is 0 Å². The normalized spacial score (nSPS) is 26.2. The number of aryl methyl sites for hydroxylation is 2. The number of rotatable bonds is 5. The van der Waals surface area contributed by atoms with Gasteiger partial charge in [0.25, 0.3) is 0 Å². The van der Waals surface area contributed by atoms with Gasteiger partial charge in [-0.25, -0.2) is 8.42 Å². The zero-order valence-electron chi connectivity index (χ0n) is 14.9. The summed E-state index contributed by atoms with van der Waals surface area (Å²) in [6.45, 7) is 3.48. The molecule has 1 N–H and O–H groups in total. The molecule has 0 aliphatic carbocycles. The van der Waals surface area contributed by atoms with E-state index in [1.165, 1.54) is 0 Å². The number of nitrogens with one attached hydrogen (secondary N) is 1. The van der Waals surface area contributed by atoms with Gasteiger partial charge in [-0.05, 0) is 45.6 Å². The van der Waals surface area contributed by atoms with Crippen LogP contribution in [-0.2, 0) is 9.84 Å². The largest absolute Gasteiger partial charge is 0.473 e. The van der Waals surface area contributed by atoms with E-state index in [1.54, 1.807) is 32.2 Å². The second-order valence-corrected chi connectivity index (χ2v) is 9.08. The van der Waals surface area contributed by atoms with Crippen LogP contribution in [0.5, 0.6) is 5.88 Å². The highest BCUT2D eigenvalue weighted by Crippen LogP contribution is 2.38. The van der Waals surface area contributed by atoms with Crippen molar-refractivity contribution in [1.29, 1.82) is 0 Å². The molecular weight excluding hydrogens is 354 g/mol. The monoisotopic (exact) mass is 377 g/mol. The predicted molar refractivity (Wildman–Crippen MR) is 94.4 cm³/mol. The molecule has 9 heteroatoms. The molecule has 26 heavy (non-hydrogen) atoms. The number of hydrogen-bond acceptors (Lipinski definition) is 7. The highest BCUT2D eigenvalue weighted by Gasteiger charge is 2.44. The van der Waals surface area contributed by atoms with E-state index < -0.39 is 9.84 Å². The molecule has 0 spiro atoms. The number of aromatic amines is 1. The second kappa shape index (κ2) is 6.62. The first-order chi connectivity index (χ1) is 12.4. The third-order valence-corrected chi connectivity index (χ3v) is 7.23. The molecule has 0 amide bonds. The van der Waals surface area contributed by atoms with Gasteiger partial charge in [0.05, 0.1) is 11.4 Å². The Bertz CT molecular complexity index is 850. The van der Waals surface area contributed by atoms with E-state index in [9.17, 15) is 8.42 Å². The number of hydrogen-bond donors (Lipinski definition) is 1. The fourth-order valence-corrected chi connectivity index (χ4v) is 6.26. The van der Waals surface area contributed by atoms with Gasteiger partial charge in [-0.1, -0.05) is 0 Å². The molecule has 2 fully saturated rings. The third-order valence-electron chi connectivity index (χ3n) is 5.37. The summed E-state index contributed by atoms with van der Waals surface area (Å²) in [4.78, 5) is 2.48. The Balaban J connectivity index is 1.47. The molecule has 4 heterocycles. The Morgan fingerprint density at radius 2 is 2.00 bits per heavy atom. The van der Waals surface area contributed by atoms with Gasteiger partial charge in [0.2, 0.25) is 5.88 Å². The molecule has 2 aromatic heterocycles. The SMILES string of the molecule is Cc1n[nH]c(C)c1S(=O)(=O)CN1[C@@H]2CC[C@H]1C[C@H](Oc1cccnn1)C2. The van der Waals surface area contributed by atoms with Crippen LogP contribution in [0.3, 0.4) is 0 Å². The standard InChI is InChI=1S/C17H23N5O3S/c1-11-17(12(2)20-19-11)26(23,24)10-22-13-5-6-14(22)9-15(8-13)25-16-4-3-7-18-21-16/h3-4,7,13-15H,5-6,8-10H2,1-2H3,(H,19,20)/t13-,14+,15-. The molecule has 3 atom stereocenters. The number of sulfone groups is 1. The van der Waals surface area contributed by atoms with E-state index in [-0.39, 0.29) is 24.1 Å². The molecule has 2 aliphatic rings. The molecule has 4 rings (SSSR count). The molecule has 0 aromatic carbocycles. The van der Waals surface area contributed by atoms with E-state index in [0.717, 1.165) is 25.7 Å². The number of piperidine rings is 1. The minimum absolute atomic E-state index is 0.0431. The van der Waals surface area contributed by atoms with Crippen molar-refractivity contribution in [2.24, 2.45) is 0 Å². The maximum Gasteiger partial charge on any atom is 0.233 e. The predicted octanol–water partition coefficient (Wildman–Crippen LogP) is 1.62. The topological polar surface area (TPSA) is 101 Å². The number of ether oxygens (including phenoxy) is 1. The van der Waals surface area contributed by atoms with Crippen molar-refractivity contribution < 1.29 is 13.2 Å². The summed E-state index contributed by atoms with van der Waals surface area (Å²) in [6.07, 6.45) is 5.30. The maximum absolute atomic E-state index is 12.9. The number of fused-ring (bicyclic) bond motifs is 2. The van der Waals surface area contributed by atoms with Crippen molar-refractivity contribution >= 4 is 9.84 Å². The van der Waals surface area contributed by atoms with Crippen LogP contribution < -0.4 is 4.74 Å². The van der Waals surface area contributed by atoms with E-state index in [2.05, 4.69) is 25.3 Å². The Kier molecular flexibility index (Phi) is 4.44. The summed E-state index contributed by atoms with van der Waals surface area (Å²) in [6, 6.07) is 4.04. The molecule has 0 saturated carbocycles. The van der Waals surface area contributed by atoms with Crippen LogP contribution in [0.15, 0.2) is 23.2 Å². The fourth-order valence-electron chi connectivity index (χ4n) is 4.31. The van der Waals surface area contributed by atoms with E-state index in [0.29, 0.717) is 22.2 Å². The quantitative estimate of drug-likeness (QED) is 0.845. The van der Waals surface area contributed by atoms with Crippen molar-refractivity contribution in [3.63, 3.8) is 0 Å². The molecule has 140 valence electrons. The van der Waals surface area contributed by atoms with Crippen LogP contribution in [0, 0.1) is 13.8 Å². The molecule has 0 unspecified atom stereocenters. The van der Waals surface area contributed by atoms with Crippen LogP contribution in [-0.4, -0.2) is 57.8 Å². The summed E-state index contributed by atoms with van der Waals surface area (Å²) in [7, 11) is -3.41. The minimum Gasteiger partial charge on any atom is -0.473 e. The highest BCUT2D eigenvalue weighted by atomic mass is 32.2. The van der Waals surface area contributed by atoms with Crippen molar-refractivity contribution in [3.05, 3.63) is 29.7 Å². The average Bonchev–Trinajstić information content (AvgIpc) is 3.04. The Morgan fingerprint density at radius 1 is 1.27 bits per heavy atom. The van der Waals surface area contributed by atoms with Gasteiger partial charge >= 0.3 is 0 Å². The lowest BCUT2D eigenvalue weighted by atomic mass is 10.0. The lowest BCUT2D eigenvalue weighted by Gasteiger charge is -2.38. The van der Waals surface area contributed by atoms with Crippen molar-refractivity contribution in [3.8, 4) is 5.88 Å². The highest BCUT2D eigenvalue weighted by molar-refractivity contribution is 7.91. The van der Waals surface area contributed by atoms with Crippen LogP contribution in [0.25, 0.3) is 0 Å². The summed E-state index contributed by atoms with van der Waals surface area (Å²) in [5, 5.41) is 14.6. The maximum atomic E-state index is 12.9. The Morgan fingerprint density at radius 3 is 2.58 bits per heavy atom. The fraction of sp³-hybridized carbons (Fsp3) is 0.588. The summed E-state index contributed by atoms with van der Waals surface area (Å²) in [5.41, 5.74) is 1.14. The van der Waals surface area contributed by atoms with Crippen LogP contribution in [0.4, 0.5) is 0 Å². The molecule has 2 saturated heterocycles. The van der Waals surface area contributed by atoms with E-state index in [1.807, 2.05) is 0 Å². The van der Waals surface area contributed by atoms with Crippen molar-refractivity contribution in [2.75, 3.05) is 5.88 Å². The van der Waals surface area contributed by atoms with Gasteiger partial charge in [0, 0.05) is 24.3 Å². The minimum atomic E-state index is -3.41. The summed E-state index contributed by atoms with van der Waals surface area (Å²) in [5.74, 6) is 0.573. The van der Waals surface area contributed by atoms with Gasteiger partial charge in [-0.15, -0.1) is 5.10 Å². The molecule has 2 aliphatic heterocycles. The summed E-state index contributed by atoms with van der Waals surface area (Å²) < 4.78 is 31.8. The smallest absolute Gasteiger partial charge is 0.233 e. The molecule has 0 radical (unpaired) electrons. The summed E-state index contributed by atoms with van der Waals surface area (Å²) >= 11 is 0. The van der Waals surface area contributed by atoms with Crippen LogP contribution in [0.2, 0.25) is 0 Å². The Labute approximate surface area is 152 Å². The molecular formula is C17H23N5O3S. The number of H-pyrrole nitrogens is 1. The molecule has 8 nitrogen and oxygen atoms in total. The second-order valence-electron chi connectivity index (χ2n) is 7.18. The van der Waals surface area contributed by atoms with Gasteiger partial charge in [0.1, 0.15) is 16.9 Å². The first kappa shape index (κ1) is 17.4. The average molecular weight is 377 g/mol. The lowest BCUT2D eigenvalue weighted by molar-refractivity contribution is 0.0575. The number of nitrogens with zero attached hydrogens (tertiary/aromatic N) is 4. The molecule has 2 aromatic rings. The first-order valence-electron chi connectivity index (χ1n) is 8.88. The van der Waals surface area contributed by atoms with E-state index in [4.69, 9.17) is 4.74 Å². The van der Waals surface area contributed by atoms with Crippen LogP contribution >= 0.6 is 0 Å². The zero-order chi connectivity index (χ0) is 18.3. The van der Waals surface area contributed by atoms with Crippen molar-refractivity contribution in [1.82, 2.24) is 25.3 Å². The van der Waals surface area contributed by atoms with Gasteiger partial charge in [0.15, 0.2) is 9.84 Å². The first-order valence-corrected chi connectivity index (χ1v) is 10.5. The van der Waals surface area contributed by atoms with Crippen molar-refractivity contribution in [2.45, 2.75) is 62.6 Å². The van der Waals surface area contributed by atoms with Gasteiger partial charge in [-0.2, -0.15) is 10.2 Å². The van der Waals surface area contributed by atoms with Crippen LogP contribution in [0.1, 0.15) is 37.1 Å². The van der Waals surface area contributed by atoms with Gasteiger partial charge < -0.3 is 4.74 Å².